The van der Waals surface area contributed by atoms with Gasteiger partial charge >= 0.3 is 0 Å². The van der Waals surface area contributed by atoms with Crippen molar-refractivity contribution in [1.29, 1.82) is 0 Å². The Bertz CT molecular complexity index is 542. The second-order valence-electron chi connectivity index (χ2n) is 5.26. The first-order valence-corrected chi connectivity index (χ1v) is 7.00. The average Bonchev–Trinajstić information content (AvgIpc) is 2.81. The van der Waals surface area contributed by atoms with E-state index in [4.69, 9.17) is 4.74 Å². The third kappa shape index (κ3) is 2.82. The van der Waals surface area contributed by atoms with Crippen LogP contribution in [0.3, 0.4) is 0 Å². The molecule has 1 saturated heterocycles. The fourth-order valence-electron chi connectivity index (χ4n) is 2.66. The molecule has 2 heterocycles. The Balaban J connectivity index is 1.68. The Morgan fingerprint density at radius 1 is 1.40 bits per heavy atom. The summed E-state index contributed by atoms with van der Waals surface area (Å²) < 4.78 is 5.44. The second-order valence-corrected chi connectivity index (χ2v) is 5.26. The number of nitrogens with zero attached hydrogens (tertiary/aromatic N) is 1. The summed E-state index contributed by atoms with van der Waals surface area (Å²) in [5, 5.41) is 2.81. The van der Waals surface area contributed by atoms with Gasteiger partial charge in [-0.2, -0.15) is 0 Å². The van der Waals surface area contributed by atoms with E-state index in [2.05, 4.69) is 5.32 Å². The lowest BCUT2D eigenvalue weighted by atomic mass is 10.1. The van der Waals surface area contributed by atoms with Crippen LogP contribution < -0.4 is 10.1 Å². The molecule has 20 heavy (non-hydrogen) atoms. The molecule has 106 valence electrons. The Labute approximate surface area is 117 Å². The van der Waals surface area contributed by atoms with Crippen LogP contribution in [-0.4, -0.2) is 49.4 Å². The van der Waals surface area contributed by atoms with E-state index < -0.39 is 0 Å². The minimum Gasteiger partial charge on any atom is -0.493 e. The zero-order chi connectivity index (χ0) is 13.9. The molecule has 5 nitrogen and oxygen atoms in total. The van der Waals surface area contributed by atoms with Gasteiger partial charge in [-0.3, -0.25) is 14.5 Å². The Morgan fingerprint density at radius 3 is 3.20 bits per heavy atom. The van der Waals surface area contributed by atoms with E-state index in [1.54, 1.807) is 0 Å². The Morgan fingerprint density at radius 2 is 2.30 bits per heavy atom. The van der Waals surface area contributed by atoms with E-state index in [1.165, 1.54) is 0 Å². The number of rotatable bonds is 3. The molecule has 1 aromatic carbocycles. The van der Waals surface area contributed by atoms with E-state index in [9.17, 15) is 9.59 Å². The smallest absolute Gasteiger partial charge is 0.234 e. The van der Waals surface area contributed by atoms with Crippen LogP contribution in [0.25, 0.3) is 0 Å². The van der Waals surface area contributed by atoms with Crippen LogP contribution >= 0.6 is 0 Å². The van der Waals surface area contributed by atoms with Gasteiger partial charge in [0, 0.05) is 25.1 Å². The van der Waals surface area contributed by atoms with Crippen LogP contribution in [0, 0.1) is 0 Å². The van der Waals surface area contributed by atoms with Gasteiger partial charge in [0.15, 0.2) is 5.78 Å². The number of hydrogen-bond donors (Lipinski definition) is 1. The summed E-state index contributed by atoms with van der Waals surface area (Å²) in [7, 11) is 0. The fraction of sp³-hybridized carbons (Fsp3) is 0.467. The van der Waals surface area contributed by atoms with Crippen LogP contribution in [0.1, 0.15) is 22.3 Å². The molecule has 0 aromatic heterocycles. The van der Waals surface area contributed by atoms with Gasteiger partial charge in [-0.15, -0.1) is 0 Å². The van der Waals surface area contributed by atoms with Crippen molar-refractivity contribution in [2.24, 2.45) is 0 Å². The van der Waals surface area contributed by atoms with Crippen LogP contribution in [-0.2, 0) is 11.2 Å². The van der Waals surface area contributed by atoms with Crippen LogP contribution in [0.4, 0.5) is 0 Å². The number of fused-ring (bicyclic) bond motifs is 1. The molecule has 1 N–H and O–H groups in total. The van der Waals surface area contributed by atoms with Crippen molar-refractivity contribution >= 4 is 11.7 Å². The van der Waals surface area contributed by atoms with Crippen molar-refractivity contribution in [3.8, 4) is 5.75 Å². The highest BCUT2D eigenvalue weighted by Gasteiger charge is 2.19. The highest BCUT2D eigenvalue weighted by atomic mass is 16.5. The largest absolute Gasteiger partial charge is 0.493 e. The lowest BCUT2D eigenvalue weighted by molar-refractivity contribution is -0.121. The summed E-state index contributed by atoms with van der Waals surface area (Å²) >= 11 is 0. The third-order valence-electron chi connectivity index (χ3n) is 3.72. The number of hydrogen-bond acceptors (Lipinski definition) is 4. The molecule has 1 fully saturated rings. The van der Waals surface area contributed by atoms with Crippen LogP contribution in [0.2, 0.25) is 0 Å². The number of carbonyl (C=O) groups is 2. The highest BCUT2D eigenvalue weighted by molar-refractivity contribution is 5.98. The first-order valence-electron chi connectivity index (χ1n) is 7.00. The van der Waals surface area contributed by atoms with E-state index in [1.807, 2.05) is 23.1 Å². The highest BCUT2D eigenvalue weighted by Crippen LogP contribution is 2.26. The van der Waals surface area contributed by atoms with Gasteiger partial charge in [-0.05, 0) is 30.2 Å². The minimum atomic E-state index is -0.00217. The zero-order valence-corrected chi connectivity index (χ0v) is 11.4. The average molecular weight is 274 g/mol. The standard InChI is InChI=1S/C15H18N2O3/c18-13(9-17-6-1-5-16-15(19)10-17)11-2-3-14-12(8-11)4-7-20-14/h2-3,8H,1,4-7,9-10H2,(H,16,19). The molecule has 0 radical (unpaired) electrons. The van der Waals surface area contributed by atoms with Gasteiger partial charge in [-0.1, -0.05) is 0 Å². The minimum absolute atomic E-state index is 0.00217. The van der Waals surface area contributed by atoms with Crippen molar-refractivity contribution < 1.29 is 14.3 Å². The number of Topliss-reactive ketones (excluding diaryl/α,β-unsaturated/α-hetero) is 1. The van der Waals surface area contributed by atoms with Gasteiger partial charge in [-0.25, -0.2) is 0 Å². The quantitative estimate of drug-likeness (QED) is 0.821. The van der Waals surface area contributed by atoms with E-state index in [-0.39, 0.29) is 11.7 Å². The molecule has 2 aliphatic rings. The number of carbonyl (C=O) groups excluding carboxylic acids is 2. The molecule has 0 aliphatic carbocycles. The van der Waals surface area contributed by atoms with Gasteiger partial charge in [0.05, 0.1) is 19.7 Å². The van der Waals surface area contributed by atoms with E-state index in [0.717, 1.165) is 30.7 Å². The molecule has 1 aromatic rings. The maximum absolute atomic E-state index is 12.3. The molecular formula is C15H18N2O3. The topological polar surface area (TPSA) is 58.6 Å². The molecule has 0 saturated carbocycles. The molecular weight excluding hydrogens is 256 g/mol. The number of nitrogens with one attached hydrogen (secondary N) is 1. The number of amides is 1. The number of ketones is 1. The van der Waals surface area contributed by atoms with Gasteiger partial charge < -0.3 is 10.1 Å². The maximum atomic E-state index is 12.3. The van der Waals surface area contributed by atoms with Crippen LogP contribution in [0.15, 0.2) is 18.2 Å². The molecule has 3 rings (SSSR count). The zero-order valence-electron chi connectivity index (χ0n) is 11.4. The molecule has 2 aliphatic heterocycles. The van der Waals surface area contributed by atoms with Gasteiger partial charge in [0.2, 0.25) is 5.91 Å². The molecule has 0 atom stereocenters. The third-order valence-corrected chi connectivity index (χ3v) is 3.72. The molecule has 0 bridgehead atoms. The SMILES string of the molecule is O=C1CN(CC(=O)c2ccc3c(c2)CCO3)CCCN1. The lowest BCUT2D eigenvalue weighted by Gasteiger charge is -2.17. The lowest BCUT2D eigenvalue weighted by Crippen LogP contribution is -2.36. The monoisotopic (exact) mass is 274 g/mol. The summed E-state index contributed by atoms with van der Waals surface area (Å²) in [6.07, 6.45) is 1.75. The second kappa shape index (κ2) is 5.63. The van der Waals surface area contributed by atoms with E-state index in [0.29, 0.717) is 31.8 Å². The molecule has 5 heteroatoms. The van der Waals surface area contributed by atoms with Crippen molar-refractivity contribution in [2.45, 2.75) is 12.8 Å². The number of ether oxygens (including phenoxy) is 1. The number of benzene rings is 1. The predicted octanol–water partition coefficient (Wildman–Crippen LogP) is 0.626. The van der Waals surface area contributed by atoms with Gasteiger partial charge in [0.1, 0.15) is 5.75 Å². The Hall–Kier alpha value is -1.88. The van der Waals surface area contributed by atoms with Gasteiger partial charge in [0.25, 0.3) is 0 Å². The summed E-state index contributed by atoms with van der Waals surface area (Å²) in [5.74, 6) is 0.947. The van der Waals surface area contributed by atoms with Crippen molar-refractivity contribution in [2.75, 3.05) is 32.8 Å². The van der Waals surface area contributed by atoms with E-state index >= 15 is 0 Å². The summed E-state index contributed by atoms with van der Waals surface area (Å²) in [5.41, 5.74) is 1.81. The molecule has 0 unspecified atom stereocenters. The maximum Gasteiger partial charge on any atom is 0.234 e. The first kappa shape index (κ1) is 13.1. The van der Waals surface area contributed by atoms with Crippen LogP contribution in [0.5, 0.6) is 5.75 Å². The fourth-order valence-corrected chi connectivity index (χ4v) is 2.66. The summed E-state index contributed by atoms with van der Waals surface area (Å²) in [6.45, 7) is 2.77. The van der Waals surface area contributed by atoms with Crippen molar-refractivity contribution in [1.82, 2.24) is 10.2 Å². The summed E-state index contributed by atoms with van der Waals surface area (Å²) in [4.78, 5) is 25.7. The summed E-state index contributed by atoms with van der Waals surface area (Å²) in [6, 6.07) is 5.59. The Kier molecular flexibility index (Phi) is 3.69. The first-order chi connectivity index (χ1) is 9.72. The normalized spacial score (nSPS) is 18.9. The molecule has 0 spiro atoms. The van der Waals surface area contributed by atoms with Crippen molar-refractivity contribution in [3.05, 3.63) is 29.3 Å². The predicted molar refractivity (Wildman–Crippen MR) is 74.0 cm³/mol. The molecule has 1 amide bonds. The van der Waals surface area contributed by atoms with Crippen molar-refractivity contribution in [3.63, 3.8) is 0 Å².